The fourth-order valence-corrected chi connectivity index (χ4v) is 3.15. The van der Waals surface area contributed by atoms with Crippen LogP contribution in [0.2, 0.25) is 0 Å². The maximum atomic E-state index is 12.3. The highest BCUT2D eigenvalue weighted by atomic mass is 32.1. The van der Waals surface area contributed by atoms with Gasteiger partial charge in [0.1, 0.15) is 12.4 Å². The first kappa shape index (κ1) is 16.2. The molecule has 6 nitrogen and oxygen atoms in total. The Hall–Kier alpha value is -2.67. The summed E-state index contributed by atoms with van der Waals surface area (Å²) in [7, 11) is 1.35. The molecule has 24 heavy (non-hydrogen) atoms. The van der Waals surface area contributed by atoms with E-state index in [2.05, 4.69) is 10.3 Å². The zero-order chi connectivity index (χ0) is 17.1. The molecule has 3 aromatic rings. The van der Waals surface area contributed by atoms with Gasteiger partial charge in [-0.15, -0.1) is 11.3 Å². The Morgan fingerprint density at radius 2 is 2.08 bits per heavy atom. The summed E-state index contributed by atoms with van der Waals surface area (Å²) in [6, 6.07) is 10.8. The number of esters is 1. The third kappa shape index (κ3) is 3.16. The number of imidazole rings is 1. The number of amides is 1. The second-order valence-electron chi connectivity index (χ2n) is 5.29. The molecule has 0 radical (unpaired) electrons. The molecule has 1 atom stereocenters. The quantitative estimate of drug-likeness (QED) is 0.723. The van der Waals surface area contributed by atoms with Gasteiger partial charge in [0, 0.05) is 0 Å². The summed E-state index contributed by atoms with van der Waals surface area (Å²) >= 11 is 1.38. The van der Waals surface area contributed by atoms with Crippen molar-refractivity contribution >= 4 is 34.2 Å². The summed E-state index contributed by atoms with van der Waals surface area (Å²) in [5.74, 6) is 0.0943. The van der Waals surface area contributed by atoms with Gasteiger partial charge >= 0.3 is 5.97 Å². The van der Waals surface area contributed by atoms with Crippen LogP contribution in [-0.4, -0.2) is 28.5 Å². The third-order valence-electron chi connectivity index (χ3n) is 3.68. The van der Waals surface area contributed by atoms with E-state index in [9.17, 15) is 9.59 Å². The van der Waals surface area contributed by atoms with Crippen LogP contribution in [-0.2, 0) is 16.1 Å². The number of nitrogens with one attached hydrogen (secondary N) is 1. The fraction of sp³-hybridized carbons (Fsp3) is 0.235. The number of benzene rings is 1. The molecule has 0 spiro atoms. The molecule has 0 saturated heterocycles. The first-order valence-electron chi connectivity index (χ1n) is 7.46. The molecule has 2 heterocycles. The molecule has 7 heteroatoms. The average molecular weight is 343 g/mol. The zero-order valence-corrected chi connectivity index (χ0v) is 14.2. The van der Waals surface area contributed by atoms with Crippen LogP contribution in [0.4, 0.5) is 0 Å². The van der Waals surface area contributed by atoms with Crippen molar-refractivity contribution in [3.05, 3.63) is 52.5 Å². The van der Waals surface area contributed by atoms with E-state index >= 15 is 0 Å². The van der Waals surface area contributed by atoms with E-state index in [-0.39, 0.29) is 24.5 Å². The number of thiophene rings is 1. The number of ether oxygens (including phenoxy) is 1. The Labute approximate surface area is 143 Å². The first-order valence-corrected chi connectivity index (χ1v) is 8.34. The molecular formula is C17H17N3O3S. The summed E-state index contributed by atoms with van der Waals surface area (Å²) < 4.78 is 6.55. The number of fused-ring (bicyclic) bond motifs is 1. The van der Waals surface area contributed by atoms with Crippen molar-refractivity contribution in [2.45, 2.75) is 19.5 Å². The van der Waals surface area contributed by atoms with Crippen LogP contribution in [0.3, 0.4) is 0 Å². The second-order valence-corrected chi connectivity index (χ2v) is 6.24. The molecule has 1 N–H and O–H groups in total. The van der Waals surface area contributed by atoms with Crippen LogP contribution in [0.1, 0.15) is 28.5 Å². The smallest absolute Gasteiger partial charge is 0.325 e. The SMILES string of the molecule is COC(=O)Cn1c(C(C)NC(=O)c2cccs2)nc2ccccc21. The van der Waals surface area contributed by atoms with Gasteiger partial charge in [-0.2, -0.15) is 0 Å². The number of nitrogens with zero attached hydrogens (tertiary/aromatic N) is 2. The van der Waals surface area contributed by atoms with Gasteiger partial charge in [0.2, 0.25) is 0 Å². The molecule has 1 amide bonds. The van der Waals surface area contributed by atoms with Crippen LogP contribution in [0.25, 0.3) is 11.0 Å². The minimum atomic E-state index is -0.365. The number of hydrogen-bond acceptors (Lipinski definition) is 5. The minimum Gasteiger partial charge on any atom is -0.468 e. The van der Waals surface area contributed by atoms with Crippen molar-refractivity contribution in [3.63, 3.8) is 0 Å². The van der Waals surface area contributed by atoms with E-state index in [1.807, 2.05) is 42.6 Å². The van der Waals surface area contributed by atoms with E-state index in [0.717, 1.165) is 11.0 Å². The fourth-order valence-electron chi connectivity index (χ4n) is 2.52. The molecule has 3 rings (SSSR count). The predicted octanol–water partition coefficient (Wildman–Crippen LogP) is 2.76. The molecule has 1 unspecified atom stereocenters. The number of methoxy groups -OCH3 is 1. The Kier molecular flexibility index (Phi) is 4.61. The van der Waals surface area contributed by atoms with Crippen molar-refractivity contribution in [1.82, 2.24) is 14.9 Å². The summed E-state index contributed by atoms with van der Waals surface area (Å²) in [4.78, 5) is 29.2. The molecule has 2 aromatic heterocycles. The van der Waals surface area contributed by atoms with Crippen LogP contribution >= 0.6 is 11.3 Å². The lowest BCUT2D eigenvalue weighted by atomic mass is 10.3. The lowest BCUT2D eigenvalue weighted by Gasteiger charge is -2.15. The zero-order valence-electron chi connectivity index (χ0n) is 13.4. The lowest BCUT2D eigenvalue weighted by molar-refractivity contribution is -0.141. The number of carbonyl (C=O) groups is 2. The van der Waals surface area contributed by atoms with Crippen LogP contribution in [0.15, 0.2) is 41.8 Å². The Morgan fingerprint density at radius 3 is 2.79 bits per heavy atom. The summed E-state index contributed by atoms with van der Waals surface area (Å²) in [5, 5.41) is 4.78. The second kappa shape index (κ2) is 6.84. The summed E-state index contributed by atoms with van der Waals surface area (Å²) in [6.07, 6.45) is 0. The highest BCUT2D eigenvalue weighted by Crippen LogP contribution is 2.21. The molecule has 124 valence electrons. The topological polar surface area (TPSA) is 73.2 Å². The van der Waals surface area contributed by atoms with Crippen LogP contribution < -0.4 is 5.32 Å². The molecule has 0 fully saturated rings. The van der Waals surface area contributed by atoms with Gasteiger partial charge in [-0.05, 0) is 30.5 Å². The number of aromatic nitrogens is 2. The number of para-hydroxylation sites is 2. The van der Waals surface area contributed by atoms with Gasteiger partial charge in [0.25, 0.3) is 5.91 Å². The van der Waals surface area contributed by atoms with Gasteiger partial charge < -0.3 is 14.6 Å². The summed E-state index contributed by atoms with van der Waals surface area (Å²) in [6.45, 7) is 1.89. The van der Waals surface area contributed by atoms with Crippen molar-refractivity contribution in [2.75, 3.05) is 7.11 Å². The summed E-state index contributed by atoms with van der Waals surface area (Å²) in [5.41, 5.74) is 1.60. The largest absolute Gasteiger partial charge is 0.468 e. The average Bonchev–Trinajstić information content (AvgIpc) is 3.23. The lowest BCUT2D eigenvalue weighted by Crippen LogP contribution is -2.29. The third-order valence-corrected chi connectivity index (χ3v) is 4.55. The van der Waals surface area contributed by atoms with E-state index in [4.69, 9.17) is 4.74 Å². The highest BCUT2D eigenvalue weighted by Gasteiger charge is 2.20. The Balaban J connectivity index is 1.93. The van der Waals surface area contributed by atoms with Crippen molar-refractivity contribution in [2.24, 2.45) is 0 Å². The normalized spacial score (nSPS) is 12.1. The maximum absolute atomic E-state index is 12.3. The van der Waals surface area contributed by atoms with Crippen LogP contribution in [0, 0.1) is 0 Å². The van der Waals surface area contributed by atoms with Crippen molar-refractivity contribution < 1.29 is 14.3 Å². The standard InChI is InChI=1S/C17H17N3O3S/c1-11(18-17(22)14-8-5-9-24-14)16-19-12-6-3-4-7-13(12)20(16)10-15(21)23-2/h3-9,11H,10H2,1-2H3,(H,18,22). The van der Waals surface area contributed by atoms with Gasteiger partial charge in [0.15, 0.2) is 0 Å². The number of carbonyl (C=O) groups excluding carboxylic acids is 2. The van der Waals surface area contributed by atoms with Gasteiger partial charge in [0.05, 0.1) is 29.1 Å². The van der Waals surface area contributed by atoms with Gasteiger partial charge in [-0.3, -0.25) is 9.59 Å². The first-order chi connectivity index (χ1) is 11.6. The molecule has 0 aliphatic heterocycles. The Morgan fingerprint density at radius 1 is 1.29 bits per heavy atom. The predicted molar refractivity (Wildman–Crippen MR) is 91.9 cm³/mol. The molecule has 0 saturated carbocycles. The van der Waals surface area contributed by atoms with Crippen molar-refractivity contribution in [1.29, 1.82) is 0 Å². The molecule has 1 aromatic carbocycles. The Bertz CT molecular complexity index is 870. The number of rotatable bonds is 5. The van der Waals surface area contributed by atoms with Gasteiger partial charge in [-0.1, -0.05) is 18.2 Å². The molecule has 0 bridgehead atoms. The van der Waals surface area contributed by atoms with Crippen molar-refractivity contribution in [3.8, 4) is 0 Å². The van der Waals surface area contributed by atoms with E-state index in [1.165, 1.54) is 18.4 Å². The number of hydrogen-bond donors (Lipinski definition) is 1. The molecule has 0 aliphatic rings. The monoisotopic (exact) mass is 343 g/mol. The van der Waals surface area contributed by atoms with E-state index in [1.54, 1.807) is 10.6 Å². The minimum absolute atomic E-state index is 0.0472. The maximum Gasteiger partial charge on any atom is 0.325 e. The molecule has 0 aliphatic carbocycles. The van der Waals surface area contributed by atoms with Crippen LogP contribution in [0.5, 0.6) is 0 Å². The van der Waals surface area contributed by atoms with E-state index < -0.39 is 0 Å². The van der Waals surface area contributed by atoms with Gasteiger partial charge in [-0.25, -0.2) is 4.98 Å². The molecular weight excluding hydrogens is 326 g/mol. The van der Waals surface area contributed by atoms with E-state index in [0.29, 0.717) is 10.7 Å². The highest BCUT2D eigenvalue weighted by molar-refractivity contribution is 7.12.